The summed E-state index contributed by atoms with van der Waals surface area (Å²) in [7, 11) is 0. The van der Waals surface area contributed by atoms with Gasteiger partial charge in [0.15, 0.2) is 18.9 Å². The molecule has 0 aromatic heterocycles. The maximum atomic E-state index is 14.3. The molecule has 0 radical (unpaired) electrons. The number of carbonyl (C=O) groups is 10. The molecule has 6 fully saturated rings. The van der Waals surface area contributed by atoms with Gasteiger partial charge in [-0.2, -0.15) is 0 Å². The van der Waals surface area contributed by atoms with Crippen LogP contribution >= 0.6 is 0 Å². The molecule has 0 unspecified atom stereocenters. The van der Waals surface area contributed by atoms with Crippen LogP contribution in [0.2, 0.25) is 0 Å². The molecule has 0 bridgehead atoms. The second-order valence-corrected chi connectivity index (χ2v) is 39.8. The predicted molar refractivity (Wildman–Crippen MR) is 519 cm³/mol. The van der Waals surface area contributed by atoms with Gasteiger partial charge in [0.1, 0.15) is 84.9 Å². The number of amides is 9. The Kier molecular flexibility index (Phi) is 57.7. The number of hydrogen-bond acceptors (Lipinski definition) is 32. The maximum absolute atomic E-state index is 14.3. The van der Waals surface area contributed by atoms with Crippen LogP contribution in [0.1, 0.15) is 265 Å². The Morgan fingerprint density at radius 1 is 0.415 bits per heavy atom. The summed E-state index contributed by atoms with van der Waals surface area (Å²) in [5.41, 5.74) is -0.166. The van der Waals surface area contributed by atoms with Crippen molar-refractivity contribution in [1.29, 1.82) is 0 Å². The standard InChI is InChI=1S/C101H173N9O32/c1-5-6-7-8-9-10-11-12-13-14-15-16-17-18-19-34-85(122)139-69-39-44-99(3)68(59-69)35-36-70-72-38-37-71(100(72,4)45-40-73(70)99)67(2)95(132)108-46-26-33-80(117)109-60-84(121)110-101(64-133-56-41-81(118)105-50-27-47-102-77(114)30-20-23-53-136-96-92(129)89(126)86(123)74(61-111)140-96,65-134-57-42-82(119)106-51-28-48-103-78(115)31-21-24-54-137-97-93(130)90(127)87(124)75(62-112)141-97)66-135-58-43-83(120)107-52-29-49-104-79(116)32-22-25-55-138-98-94(131)91(128)88(125)76(63-113)142-98/h9-10,12-13,35,67,69-76,86-94,96-98,111-113,123-131H,5-8,11,14-34,36-66H2,1-4H3,(H,102,114)(H,103,115)(H,104,116)(H,105,118)(H,106,119)(H,107,120)(H,108,132)(H,109,117)(H,110,121)/b10-9-,13-12-/t67-,69-,70-,71+,72-,73-,74+,75+,76+,86-,87-,88-,89-,90-,91-,92+,93+,94+,96+,97+,98+,99-,100+/m0/s1. The molecular formula is C101H173N9O32. The summed E-state index contributed by atoms with van der Waals surface area (Å²) < 4.78 is 57.1. The largest absolute Gasteiger partial charge is 0.462 e. The molecule has 814 valence electrons. The smallest absolute Gasteiger partial charge is 0.306 e. The van der Waals surface area contributed by atoms with Crippen molar-refractivity contribution >= 4 is 59.1 Å². The van der Waals surface area contributed by atoms with Crippen LogP contribution in [0.4, 0.5) is 0 Å². The minimum absolute atomic E-state index is 0.0334. The van der Waals surface area contributed by atoms with E-state index in [4.69, 9.17) is 47.4 Å². The Labute approximate surface area is 836 Å². The van der Waals surface area contributed by atoms with Crippen molar-refractivity contribution in [3.05, 3.63) is 36.0 Å². The zero-order valence-corrected chi connectivity index (χ0v) is 84.3. The van der Waals surface area contributed by atoms with Crippen molar-refractivity contribution in [2.75, 3.05) is 132 Å². The highest BCUT2D eigenvalue weighted by Crippen LogP contribution is 2.67. The number of hydrogen-bond donors (Lipinski definition) is 21. The van der Waals surface area contributed by atoms with Gasteiger partial charge >= 0.3 is 5.97 Å². The molecule has 3 heterocycles. The first-order valence-corrected chi connectivity index (χ1v) is 52.5. The molecule has 23 atom stereocenters. The van der Waals surface area contributed by atoms with E-state index in [1.807, 2.05) is 6.92 Å². The van der Waals surface area contributed by atoms with E-state index in [2.05, 4.69) is 99.0 Å². The van der Waals surface area contributed by atoms with Gasteiger partial charge in [0.25, 0.3) is 0 Å². The van der Waals surface area contributed by atoms with Crippen molar-refractivity contribution in [2.24, 2.45) is 40.4 Å². The Morgan fingerprint density at radius 2 is 0.817 bits per heavy atom. The highest BCUT2D eigenvalue weighted by molar-refractivity contribution is 5.85. The molecule has 142 heavy (non-hydrogen) atoms. The van der Waals surface area contributed by atoms with Crippen LogP contribution in [0, 0.1) is 40.4 Å². The third-order valence-corrected chi connectivity index (χ3v) is 28.8. The zero-order valence-electron chi connectivity index (χ0n) is 84.3. The van der Waals surface area contributed by atoms with Gasteiger partial charge in [-0.3, -0.25) is 47.9 Å². The Morgan fingerprint density at radius 3 is 1.26 bits per heavy atom. The molecule has 9 amide bonds. The molecule has 0 aromatic carbocycles. The van der Waals surface area contributed by atoms with Gasteiger partial charge in [-0.1, -0.05) is 95.8 Å². The summed E-state index contributed by atoms with van der Waals surface area (Å²) in [4.78, 5) is 133. The van der Waals surface area contributed by atoms with Crippen LogP contribution in [0.3, 0.4) is 0 Å². The molecule has 0 spiro atoms. The van der Waals surface area contributed by atoms with Crippen molar-refractivity contribution in [3.8, 4) is 0 Å². The lowest BCUT2D eigenvalue weighted by Gasteiger charge is -2.58. The SMILES string of the molecule is CCCCC/C=C\C/C=C\CCCCCCCC(=O)O[C@H]1CC[C@@]2(C)C(=CC[C@H]3[C@@H]4CC[C@H]([C@H](C)C(=O)NCCCC(=O)NCC(=O)NC(COCCC(=O)NCCCNC(=O)CCCCO[C@@H]5O[C@H](CO)[C@H](O)[C@H](O)[C@H]5O)(COCCC(=O)NCCCNC(=O)CCCCO[C@@H]5O[C@H](CO)[C@H](O)[C@H](O)[C@H]5O)COCCC(=O)NCCCNC(=O)CCCCO[C@@H]5O[C@H](CO)[C@H](O)[C@H](O)[C@H]5O)[C@@]4(C)CC[C@@H]32)C1. The van der Waals surface area contributed by atoms with Crippen molar-refractivity contribution in [3.63, 3.8) is 0 Å². The summed E-state index contributed by atoms with van der Waals surface area (Å²) in [5, 5.41) is 145. The summed E-state index contributed by atoms with van der Waals surface area (Å²) in [6, 6.07) is 0. The van der Waals surface area contributed by atoms with E-state index in [1.165, 1.54) is 31.3 Å². The third kappa shape index (κ3) is 42.0. The first-order chi connectivity index (χ1) is 68.3. The van der Waals surface area contributed by atoms with Crippen LogP contribution < -0.4 is 47.9 Å². The summed E-state index contributed by atoms with van der Waals surface area (Å²) in [5.74, 6) is -2.05. The maximum Gasteiger partial charge on any atom is 0.306 e. The normalized spacial score (nSPS) is 28.3. The van der Waals surface area contributed by atoms with Crippen LogP contribution in [-0.2, 0) is 95.3 Å². The van der Waals surface area contributed by atoms with Crippen molar-refractivity contribution in [1.82, 2.24) is 47.9 Å². The number of rotatable bonds is 72. The van der Waals surface area contributed by atoms with Crippen LogP contribution in [0.25, 0.3) is 0 Å². The van der Waals surface area contributed by atoms with E-state index in [-0.39, 0.29) is 215 Å². The van der Waals surface area contributed by atoms with E-state index in [9.17, 15) is 109 Å². The molecule has 41 heteroatoms. The molecule has 7 rings (SSSR count). The highest BCUT2D eigenvalue weighted by atomic mass is 16.7. The molecule has 41 nitrogen and oxygen atoms in total. The van der Waals surface area contributed by atoms with Crippen molar-refractivity contribution in [2.45, 2.75) is 369 Å². The lowest BCUT2D eigenvalue weighted by atomic mass is 9.47. The molecule has 21 N–H and O–H groups in total. The Bertz CT molecular complexity index is 3580. The van der Waals surface area contributed by atoms with Gasteiger partial charge in [-0.25, -0.2) is 0 Å². The summed E-state index contributed by atoms with van der Waals surface area (Å²) in [6.45, 7) is 6.53. The van der Waals surface area contributed by atoms with Gasteiger partial charge in [0, 0.05) is 129 Å². The summed E-state index contributed by atoms with van der Waals surface area (Å²) in [6.07, 6.45) is 14.2. The van der Waals surface area contributed by atoms with Crippen LogP contribution in [0.5, 0.6) is 0 Å². The Hall–Kier alpha value is -6.92. The molecule has 7 aliphatic rings. The number of aliphatic hydroxyl groups excluding tert-OH is 12. The van der Waals surface area contributed by atoms with Crippen molar-refractivity contribution < 1.29 is 157 Å². The lowest BCUT2D eigenvalue weighted by molar-refractivity contribution is -0.301. The minimum atomic E-state index is -1.61. The fourth-order valence-corrected chi connectivity index (χ4v) is 20.4. The lowest BCUT2D eigenvalue weighted by Crippen LogP contribution is -2.60. The molecule has 3 aliphatic heterocycles. The first kappa shape index (κ1) is 122. The second kappa shape index (κ2) is 67.1. The number of nitrogens with one attached hydrogen (secondary N) is 9. The van der Waals surface area contributed by atoms with E-state index in [0.29, 0.717) is 82.0 Å². The number of carbonyl (C=O) groups excluding carboxylic acids is 10. The molecule has 3 saturated carbocycles. The fourth-order valence-electron chi connectivity index (χ4n) is 20.4. The van der Waals surface area contributed by atoms with Gasteiger partial charge in [-0.05, 0) is 182 Å². The second-order valence-electron chi connectivity index (χ2n) is 39.8. The van der Waals surface area contributed by atoms with Gasteiger partial charge in [-0.15, -0.1) is 0 Å². The zero-order chi connectivity index (χ0) is 103. The van der Waals surface area contributed by atoms with Crippen LogP contribution in [0.15, 0.2) is 36.0 Å². The van der Waals surface area contributed by atoms with Gasteiger partial charge < -0.3 is 156 Å². The number of allylic oxidation sites excluding steroid dienone is 5. The van der Waals surface area contributed by atoms with E-state index in [1.54, 1.807) is 0 Å². The van der Waals surface area contributed by atoms with E-state index in [0.717, 1.165) is 96.3 Å². The monoisotopic (exact) mass is 2020 g/mol. The quantitative estimate of drug-likeness (QED) is 0.0235. The van der Waals surface area contributed by atoms with Crippen LogP contribution in [-0.4, -0.2) is 356 Å². The third-order valence-electron chi connectivity index (χ3n) is 28.8. The topological polar surface area (TPSA) is 614 Å². The molecule has 3 saturated heterocycles. The van der Waals surface area contributed by atoms with E-state index >= 15 is 0 Å². The average Bonchev–Trinajstić information content (AvgIpc) is 1.42. The minimum Gasteiger partial charge on any atom is -0.462 e. The number of fused-ring (bicyclic) bond motifs is 5. The number of aliphatic hydroxyl groups is 12. The van der Waals surface area contributed by atoms with Gasteiger partial charge in [0.2, 0.25) is 53.2 Å². The van der Waals surface area contributed by atoms with E-state index < -0.39 is 154 Å². The molecular weight excluding hydrogens is 1850 g/mol. The summed E-state index contributed by atoms with van der Waals surface area (Å²) >= 11 is 0. The Balaban J connectivity index is 0.881. The highest BCUT2D eigenvalue weighted by Gasteiger charge is 2.60. The number of ether oxygens (including phenoxy) is 10. The fraction of sp³-hybridized carbons (Fsp3) is 0.842. The van der Waals surface area contributed by atoms with Gasteiger partial charge in [0.05, 0.1) is 66.0 Å². The average molecular weight is 2030 g/mol. The first-order valence-electron chi connectivity index (χ1n) is 52.5. The molecule has 4 aliphatic carbocycles. The molecule has 0 aromatic rings. The number of unbranched alkanes of at least 4 members (excludes halogenated alkanes) is 11. The predicted octanol–water partition coefficient (Wildman–Crippen LogP) is 1.84. The number of esters is 1.